The second kappa shape index (κ2) is 7.96. The van der Waals surface area contributed by atoms with Crippen LogP contribution < -0.4 is 0 Å². The quantitative estimate of drug-likeness (QED) is 0.666. The van der Waals surface area contributed by atoms with E-state index in [1.807, 2.05) is 36.4 Å². The van der Waals surface area contributed by atoms with E-state index in [1.165, 1.54) is 7.11 Å². The predicted molar refractivity (Wildman–Crippen MR) is 82.7 cm³/mol. The normalized spacial score (nSPS) is 20.3. The number of aliphatic hydroxyl groups excluding tert-OH is 1. The Kier molecular flexibility index (Phi) is 5.96. The van der Waals surface area contributed by atoms with Crippen molar-refractivity contribution >= 4 is 12.0 Å². The predicted octanol–water partition coefficient (Wildman–Crippen LogP) is 2.09. The first kappa shape index (κ1) is 15.7. The van der Waals surface area contributed by atoms with Crippen molar-refractivity contribution in [2.24, 2.45) is 0 Å². The van der Waals surface area contributed by atoms with Gasteiger partial charge in [-0.15, -0.1) is 0 Å². The SMILES string of the molecule is COC(=O)/C(=C/c1ccccc1)CN1CCCCC1CO. The van der Waals surface area contributed by atoms with E-state index in [0.717, 1.165) is 31.4 Å². The smallest absolute Gasteiger partial charge is 0.335 e. The number of aliphatic hydroxyl groups is 1. The molecule has 0 amide bonds. The van der Waals surface area contributed by atoms with Crippen molar-refractivity contribution in [1.29, 1.82) is 0 Å². The molecule has 1 heterocycles. The number of esters is 1. The number of benzene rings is 1. The summed E-state index contributed by atoms with van der Waals surface area (Å²) in [4.78, 5) is 14.2. The lowest BCUT2D eigenvalue weighted by Crippen LogP contribution is -2.43. The molecular formula is C17H23NO3. The Bertz CT molecular complexity index is 484. The molecule has 1 aromatic rings. The minimum absolute atomic E-state index is 0.139. The van der Waals surface area contributed by atoms with Crippen molar-refractivity contribution in [2.45, 2.75) is 25.3 Å². The summed E-state index contributed by atoms with van der Waals surface area (Å²) in [6, 6.07) is 9.89. The van der Waals surface area contributed by atoms with Crippen LogP contribution in [0.3, 0.4) is 0 Å². The van der Waals surface area contributed by atoms with E-state index < -0.39 is 0 Å². The van der Waals surface area contributed by atoms with Crippen molar-refractivity contribution in [3.05, 3.63) is 41.5 Å². The summed E-state index contributed by atoms with van der Waals surface area (Å²) in [5, 5.41) is 9.48. The van der Waals surface area contributed by atoms with Gasteiger partial charge in [-0.05, 0) is 31.0 Å². The second-order valence-electron chi connectivity index (χ2n) is 5.37. The number of methoxy groups -OCH3 is 1. The zero-order valence-corrected chi connectivity index (χ0v) is 12.5. The van der Waals surface area contributed by atoms with Crippen LogP contribution in [0.1, 0.15) is 24.8 Å². The molecule has 1 aliphatic rings. The van der Waals surface area contributed by atoms with Crippen molar-refractivity contribution in [3.8, 4) is 0 Å². The van der Waals surface area contributed by atoms with Gasteiger partial charge >= 0.3 is 5.97 Å². The molecule has 0 bridgehead atoms. The maximum atomic E-state index is 12.0. The lowest BCUT2D eigenvalue weighted by molar-refractivity contribution is -0.136. The van der Waals surface area contributed by atoms with Gasteiger partial charge in [0, 0.05) is 12.6 Å². The van der Waals surface area contributed by atoms with E-state index in [9.17, 15) is 9.90 Å². The monoisotopic (exact) mass is 289 g/mol. The summed E-state index contributed by atoms with van der Waals surface area (Å²) in [6.45, 7) is 1.57. The number of carbonyl (C=O) groups is 1. The molecule has 114 valence electrons. The summed E-state index contributed by atoms with van der Waals surface area (Å²) in [5.41, 5.74) is 1.61. The van der Waals surface area contributed by atoms with Crippen LogP contribution in [0.2, 0.25) is 0 Å². The summed E-state index contributed by atoms with van der Waals surface area (Å²) in [5.74, 6) is -0.305. The Morgan fingerprint density at radius 3 is 2.81 bits per heavy atom. The molecule has 0 radical (unpaired) electrons. The highest BCUT2D eigenvalue weighted by Crippen LogP contribution is 2.19. The molecule has 0 saturated carbocycles. The molecule has 1 fully saturated rings. The molecule has 1 aliphatic heterocycles. The van der Waals surface area contributed by atoms with Gasteiger partial charge < -0.3 is 9.84 Å². The summed E-state index contributed by atoms with van der Waals surface area (Å²) in [6.07, 6.45) is 5.10. The zero-order valence-electron chi connectivity index (χ0n) is 12.5. The van der Waals surface area contributed by atoms with Gasteiger partial charge in [-0.3, -0.25) is 4.90 Å². The molecule has 4 heteroatoms. The molecule has 0 spiro atoms. The molecular weight excluding hydrogens is 266 g/mol. The number of carbonyl (C=O) groups excluding carboxylic acids is 1. The lowest BCUT2D eigenvalue weighted by atomic mass is 10.0. The zero-order chi connectivity index (χ0) is 15.1. The van der Waals surface area contributed by atoms with Crippen LogP contribution >= 0.6 is 0 Å². The van der Waals surface area contributed by atoms with E-state index in [1.54, 1.807) is 0 Å². The molecule has 1 N–H and O–H groups in total. The number of hydrogen-bond acceptors (Lipinski definition) is 4. The number of likely N-dealkylation sites (tertiary alicyclic amines) is 1. The van der Waals surface area contributed by atoms with E-state index in [-0.39, 0.29) is 18.6 Å². The van der Waals surface area contributed by atoms with E-state index in [4.69, 9.17) is 4.74 Å². The van der Waals surface area contributed by atoms with Crippen LogP contribution in [-0.4, -0.2) is 48.8 Å². The number of ether oxygens (including phenoxy) is 1. The van der Waals surface area contributed by atoms with E-state index in [2.05, 4.69) is 4.90 Å². The Morgan fingerprint density at radius 1 is 1.38 bits per heavy atom. The van der Waals surface area contributed by atoms with Gasteiger partial charge in [-0.25, -0.2) is 4.79 Å². The Balaban J connectivity index is 2.16. The first-order valence-corrected chi connectivity index (χ1v) is 7.43. The van der Waals surface area contributed by atoms with Gasteiger partial charge in [0.15, 0.2) is 0 Å². The first-order valence-electron chi connectivity index (χ1n) is 7.43. The first-order chi connectivity index (χ1) is 10.2. The minimum atomic E-state index is -0.305. The van der Waals surface area contributed by atoms with Crippen molar-refractivity contribution in [2.75, 3.05) is 26.8 Å². The molecule has 1 unspecified atom stereocenters. The Hall–Kier alpha value is -1.65. The van der Waals surface area contributed by atoms with Crippen LogP contribution in [0.15, 0.2) is 35.9 Å². The maximum absolute atomic E-state index is 12.0. The van der Waals surface area contributed by atoms with Gasteiger partial charge in [0.05, 0.1) is 19.3 Å². The van der Waals surface area contributed by atoms with Crippen LogP contribution in [-0.2, 0) is 9.53 Å². The third-order valence-corrected chi connectivity index (χ3v) is 3.92. The fourth-order valence-corrected chi connectivity index (χ4v) is 2.74. The summed E-state index contributed by atoms with van der Waals surface area (Å²) >= 11 is 0. The number of rotatable bonds is 5. The number of hydrogen-bond donors (Lipinski definition) is 1. The average molecular weight is 289 g/mol. The van der Waals surface area contributed by atoms with Crippen molar-refractivity contribution in [1.82, 2.24) is 4.90 Å². The highest BCUT2D eigenvalue weighted by atomic mass is 16.5. The third kappa shape index (κ3) is 4.41. The van der Waals surface area contributed by atoms with Gasteiger partial charge in [-0.1, -0.05) is 36.8 Å². The van der Waals surface area contributed by atoms with Crippen LogP contribution in [0.5, 0.6) is 0 Å². The molecule has 1 aromatic carbocycles. The standard InChI is InChI=1S/C17H23NO3/c1-21-17(20)15(11-14-7-3-2-4-8-14)12-18-10-6-5-9-16(18)13-19/h2-4,7-8,11,16,19H,5-6,9-10,12-13H2,1H3/b15-11+. The maximum Gasteiger partial charge on any atom is 0.335 e. The third-order valence-electron chi connectivity index (χ3n) is 3.92. The summed E-state index contributed by atoms with van der Waals surface area (Å²) in [7, 11) is 1.40. The molecule has 0 aliphatic carbocycles. The highest BCUT2D eigenvalue weighted by molar-refractivity contribution is 5.94. The minimum Gasteiger partial charge on any atom is -0.466 e. The Morgan fingerprint density at radius 2 is 2.14 bits per heavy atom. The van der Waals surface area contributed by atoms with Crippen molar-refractivity contribution < 1.29 is 14.6 Å². The number of nitrogens with zero attached hydrogens (tertiary/aromatic N) is 1. The highest BCUT2D eigenvalue weighted by Gasteiger charge is 2.24. The fraction of sp³-hybridized carbons (Fsp3) is 0.471. The van der Waals surface area contributed by atoms with Crippen molar-refractivity contribution in [3.63, 3.8) is 0 Å². The van der Waals surface area contributed by atoms with Crippen LogP contribution in [0, 0.1) is 0 Å². The van der Waals surface area contributed by atoms with Gasteiger partial charge in [0.25, 0.3) is 0 Å². The second-order valence-corrected chi connectivity index (χ2v) is 5.37. The molecule has 1 saturated heterocycles. The Labute approximate surface area is 126 Å². The van der Waals surface area contributed by atoms with Gasteiger partial charge in [0.2, 0.25) is 0 Å². The summed E-state index contributed by atoms with van der Waals surface area (Å²) < 4.78 is 4.90. The van der Waals surface area contributed by atoms with Gasteiger partial charge in [0.1, 0.15) is 0 Å². The average Bonchev–Trinajstić information content (AvgIpc) is 2.55. The fourth-order valence-electron chi connectivity index (χ4n) is 2.74. The molecule has 1 atom stereocenters. The molecule has 4 nitrogen and oxygen atoms in total. The lowest BCUT2D eigenvalue weighted by Gasteiger charge is -2.34. The largest absolute Gasteiger partial charge is 0.466 e. The van der Waals surface area contributed by atoms with Crippen LogP contribution in [0.4, 0.5) is 0 Å². The molecule has 0 aromatic heterocycles. The van der Waals surface area contributed by atoms with E-state index in [0.29, 0.717) is 12.1 Å². The molecule has 21 heavy (non-hydrogen) atoms. The number of piperidine rings is 1. The van der Waals surface area contributed by atoms with E-state index >= 15 is 0 Å². The topological polar surface area (TPSA) is 49.8 Å². The molecule has 2 rings (SSSR count). The van der Waals surface area contributed by atoms with Gasteiger partial charge in [-0.2, -0.15) is 0 Å². The van der Waals surface area contributed by atoms with Crippen LogP contribution in [0.25, 0.3) is 6.08 Å².